The minimum absolute atomic E-state index is 0.0415. The Balaban J connectivity index is 2.16. The Hall–Kier alpha value is -2.72. The average Bonchev–Trinajstić information content (AvgIpc) is 2.99. The SMILES string of the molecule is Cc1cc(NC(=O)[C@@H](C)OC(=O)c2cc(S(=O)(=O)N(C)C)ccc2C)no1. The molecule has 0 unspecified atom stereocenters. The maximum Gasteiger partial charge on any atom is 0.339 e. The lowest BCUT2D eigenvalue weighted by atomic mass is 10.1. The van der Waals surface area contributed by atoms with Gasteiger partial charge in [-0.1, -0.05) is 11.2 Å². The fraction of sp³-hybridized carbons (Fsp3) is 0.353. The summed E-state index contributed by atoms with van der Waals surface area (Å²) in [4.78, 5) is 24.5. The number of hydrogen-bond donors (Lipinski definition) is 1. The van der Waals surface area contributed by atoms with E-state index >= 15 is 0 Å². The van der Waals surface area contributed by atoms with E-state index in [1.54, 1.807) is 13.8 Å². The summed E-state index contributed by atoms with van der Waals surface area (Å²) in [7, 11) is -0.917. The van der Waals surface area contributed by atoms with Gasteiger partial charge in [-0.3, -0.25) is 4.79 Å². The molecule has 9 nitrogen and oxygen atoms in total. The van der Waals surface area contributed by atoms with Crippen molar-refractivity contribution in [2.45, 2.75) is 31.8 Å². The first-order chi connectivity index (χ1) is 12.5. The van der Waals surface area contributed by atoms with Gasteiger partial charge in [0.25, 0.3) is 5.91 Å². The zero-order chi connectivity index (χ0) is 20.4. The number of aryl methyl sites for hydroxylation is 2. The number of hydrogen-bond acceptors (Lipinski definition) is 7. The molecule has 0 saturated heterocycles. The maximum absolute atomic E-state index is 12.4. The fourth-order valence-electron chi connectivity index (χ4n) is 2.12. The molecule has 0 aliphatic carbocycles. The summed E-state index contributed by atoms with van der Waals surface area (Å²) in [5.74, 6) is -0.672. The van der Waals surface area contributed by atoms with Crippen LogP contribution in [0.3, 0.4) is 0 Å². The Kier molecular flexibility index (Phi) is 6.01. The lowest BCUT2D eigenvalue weighted by Gasteiger charge is -2.15. The quantitative estimate of drug-likeness (QED) is 0.740. The first kappa shape index (κ1) is 20.6. The van der Waals surface area contributed by atoms with Crippen LogP contribution in [0.4, 0.5) is 5.82 Å². The molecule has 146 valence electrons. The highest BCUT2D eigenvalue weighted by atomic mass is 32.2. The van der Waals surface area contributed by atoms with Crippen molar-refractivity contribution in [1.82, 2.24) is 9.46 Å². The standard InChI is InChI=1S/C17H21N3O6S/c1-10-6-7-13(27(23,24)20(4)5)9-14(10)17(22)25-12(3)16(21)18-15-8-11(2)26-19-15/h6-9,12H,1-5H3,(H,18,19,21)/t12-/m1/s1. The first-order valence-electron chi connectivity index (χ1n) is 8.00. The second-order valence-electron chi connectivity index (χ2n) is 6.12. The average molecular weight is 395 g/mol. The highest BCUT2D eigenvalue weighted by molar-refractivity contribution is 7.89. The topological polar surface area (TPSA) is 119 Å². The number of amides is 1. The van der Waals surface area contributed by atoms with Gasteiger partial charge in [-0.15, -0.1) is 0 Å². The van der Waals surface area contributed by atoms with Crippen LogP contribution in [0.2, 0.25) is 0 Å². The summed E-state index contributed by atoms with van der Waals surface area (Å²) >= 11 is 0. The lowest BCUT2D eigenvalue weighted by molar-refractivity contribution is -0.123. The molecule has 1 N–H and O–H groups in total. The monoisotopic (exact) mass is 395 g/mol. The minimum Gasteiger partial charge on any atom is -0.449 e. The van der Waals surface area contributed by atoms with Crippen LogP contribution < -0.4 is 5.32 Å². The Bertz CT molecular complexity index is 965. The van der Waals surface area contributed by atoms with Crippen molar-refractivity contribution < 1.29 is 27.3 Å². The van der Waals surface area contributed by atoms with Crippen LogP contribution in [0.5, 0.6) is 0 Å². The van der Waals surface area contributed by atoms with Gasteiger partial charge in [-0.25, -0.2) is 17.5 Å². The molecule has 0 aliphatic heterocycles. The predicted octanol–water partition coefficient (Wildman–Crippen LogP) is 1.73. The molecule has 0 saturated carbocycles. The van der Waals surface area contributed by atoms with Crippen LogP contribution in [-0.4, -0.2) is 50.0 Å². The molecule has 1 atom stereocenters. The van der Waals surface area contributed by atoms with Crippen molar-refractivity contribution in [3.05, 3.63) is 41.2 Å². The number of esters is 1. The van der Waals surface area contributed by atoms with E-state index in [1.165, 1.54) is 45.3 Å². The van der Waals surface area contributed by atoms with Gasteiger partial charge in [0.2, 0.25) is 10.0 Å². The van der Waals surface area contributed by atoms with Gasteiger partial charge >= 0.3 is 5.97 Å². The van der Waals surface area contributed by atoms with Crippen molar-refractivity contribution in [2.24, 2.45) is 0 Å². The third-order valence-electron chi connectivity index (χ3n) is 3.74. The van der Waals surface area contributed by atoms with Crippen LogP contribution >= 0.6 is 0 Å². The maximum atomic E-state index is 12.4. The zero-order valence-corrected chi connectivity index (χ0v) is 16.5. The van der Waals surface area contributed by atoms with Gasteiger partial charge in [-0.2, -0.15) is 0 Å². The van der Waals surface area contributed by atoms with Gasteiger partial charge in [0.1, 0.15) is 5.76 Å². The van der Waals surface area contributed by atoms with E-state index < -0.39 is 28.0 Å². The molecule has 0 spiro atoms. The van der Waals surface area contributed by atoms with Crippen molar-refractivity contribution in [2.75, 3.05) is 19.4 Å². The van der Waals surface area contributed by atoms with E-state index in [1.807, 2.05) is 0 Å². The molecule has 2 rings (SSSR count). The van der Waals surface area contributed by atoms with Crippen LogP contribution in [0, 0.1) is 13.8 Å². The first-order valence-corrected chi connectivity index (χ1v) is 9.44. The molecule has 1 aromatic carbocycles. The third kappa shape index (κ3) is 4.72. The van der Waals surface area contributed by atoms with Crippen molar-refractivity contribution in [3.63, 3.8) is 0 Å². The highest BCUT2D eigenvalue weighted by Gasteiger charge is 2.24. The summed E-state index contributed by atoms with van der Waals surface area (Å²) in [5, 5.41) is 6.09. The van der Waals surface area contributed by atoms with E-state index in [-0.39, 0.29) is 16.3 Å². The molecule has 0 fully saturated rings. The van der Waals surface area contributed by atoms with Gasteiger partial charge < -0.3 is 14.6 Å². The van der Waals surface area contributed by atoms with E-state index in [4.69, 9.17) is 9.26 Å². The molecule has 0 bridgehead atoms. The number of rotatable bonds is 6. The van der Waals surface area contributed by atoms with E-state index in [0.717, 1.165) is 4.31 Å². The van der Waals surface area contributed by atoms with Crippen LogP contribution in [0.25, 0.3) is 0 Å². The number of nitrogens with one attached hydrogen (secondary N) is 1. The number of anilines is 1. The molecule has 2 aromatic rings. The third-order valence-corrected chi connectivity index (χ3v) is 5.55. The number of benzene rings is 1. The van der Waals surface area contributed by atoms with E-state index in [0.29, 0.717) is 11.3 Å². The number of nitrogens with zero attached hydrogens (tertiary/aromatic N) is 2. The summed E-state index contributed by atoms with van der Waals surface area (Å²) in [6.45, 7) is 4.71. The normalized spacial score (nSPS) is 12.7. The zero-order valence-electron chi connectivity index (χ0n) is 15.6. The lowest BCUT2D eigenvalue weighted by Crippen LogP contribution is -2.30. The summed E-state index contributed by atoms with van der Waals surface area (Å²) in [6.07, 6.45) is -1.12. The summed E-state index contributed by atoms with van der Waals surface area (Å²) in [5.41, 5.74) is 0.590. The highest BCUT2D eigenvalue weighted by Crippen LogP contribution is 2.19. The number of sulfonamides is 1. The van der Waals surface area contributed by atoms with Gasteiger partial charge in [0.05, 0.1) is 10.5 Å². The number of carbonyl (C=O) groups excluding carboxylic acids is 2. The largest absolute Gasteiger partial charge is 0.449 e. The van der Waals surface area contributed by atoms with E-state index in [9.17, 15) is 18.0 Å². The molecular weight excluding hydrogens is 374 g/mol. The molecule has 1 amide bonds. The Labute approximate surface area is 157 Å². The number of carbonyl (C=O) groups is 2. The Morgan fingerprint density at radius 1 is 1.22 bits per heavy atom. The Morgan fingerprint density at radius 2 is 1.89 bits per heavy atom. The molecule has 10 heteroatoms. The van der Waals surface area contributed by atoms with Crippen molar-refractivity contribution in [1.29, 1.82) is 0 Å². The summed E-state index contributed by atoms with van der Waals surface area (Å²) < 4.78 is 35.6. The van der Waals surface area contributed by atoms with Gasteiger partial charge in [0.15, 0.2) is 11.9 Å². The fourth-order valence-corrected chi connectivity index (χ4v) is 3.05. The predicted molar refractivity (Wildman–Crippen MR) is 96.8 cm³/mol. The molecule has 1 heterocycles. The number of aromatic nitrogens is 1. The molecule has 0 aliphatic rings. The van der Waals surface area contributed by atoms with Gasteiger partial charge in [0, 0.05) is 20.2 Å². The van der Waals surface area contributed by atoms with Crippen molar-refractivity contribution in [3.8, 4) is 0 Å². The molecule has 0 radical (unpaired) electrons. The Morgan fingerprint density at radius 3 is 2.44 bits per heavy atom. The second-order valence-corrected chi connectivity index (χ2v) is 8.28. The van der Waals surface area contributed by atoms with Gasteiger partial charge in [-0.05, 0) is 38.5 Å². The van der Waals surface area contributed by atoms with Crippen LogP contribution in [-0.2, 0) is 19.6 Å². The minimum atomic E-state index is -3.71. The van der Waals surface area contributed by atoms with E-state index in [2.05, 4.69) is 10.5 Å². The molecule has 1 aromatic heterocycles. The second kappa shape index (κ2) is 7.89. The number of ether oxygens (including phenoxy) is 1. The van der Waals surface area contributed by atoms with Crippen LogP contribution in [0.15, 0.2) is 33.7 Å². The smallest absolute Gasteiger partial charge is 0.339 e. The van der Waals surface area contributed by atoms with Crippen LogP contribution in [0.1, 0.15) is 28.6 Å². The molecular formula is C17H21N3O6S. The summed E-state index contributed by atoms with van der Waals surface area (Å²) in [6, 6.07) is 5.67. The molecule has 27 heavy (non-hydrogen) atoms. The van der Waals surface area contributed by atoms with Crippen molar-refractivity contribution >= 4 is 27.7 Å².